The van der Waals surface area contributed by atoms with Gasteiger partial charge in [0.2, 0.25) is 0 Å². The van der Waals surface area contributed by atoms with Gasteiger partial charge in [-0.25, -0.2) is 8.78 Å². The fourth-order valence-electron chi connectivity index (χ4n) is 1.50. The summed E-state index contributed by atoms with van der Waals surface area (Å²) in [6.45, 7) is -0.670. The zero-order valence-electron chi connectivity index (χ0n) is 8.45. The quantitative estimate of drug-likeness (QED) is 0.831. The summed E-state index contributed by atoms with van der Waals surface area (Å²) in [6.07, 6.45) is 2.61. The van der Waals surface area contributed by atoms with Crippen LogP contribution in [0.1, 0.15) is 6.42 Å². The minimum atomic E-state index is -2.76. The molecule has 0 aromatic carbocycles. The Bertz CT molecular complexity index is 367. The average molecular weight is 231 g/mol. The monoisotopic (exact) mass is 231 g/mol. The summed E-state index contributed by atoms with van der Waals surface area (Å²) in [5.74, 6) is -2.77. The van der Waals surface area contributed by atoms with Gasteiger partial charge in [-0.1, -0.05) is 0 Å². The Morgan fingerprint density at radius 2 is 2.50 bits per heavy atom. The van der Waals surface area contributed by atoms with Gasteiger partial charge in [0.1, 0.15) is 0 Å². The molecule has 0 spiro atoms. The highest BCUT2D eigenvalue weighted by atomic mass is 19.3. The Labute approximate surface area is 90.4 Å². The van der Waals surface area contributed by atoms with E-state index in [4.69, 9.17) is 4.74 Å². The lowest BCUT2D eigenvalue weighted by Gasteiger charge is -2.15. The molecule has 0 saturated carbocycles. The van der Waals surface area contributed by atoms with E-state index in [1.165, 1.54) is 12.4 Å². The zero-order chi connectivity index (χ0) is 11.6. The second-order valence-electron chi connectivity index (χ2n) is 3.64. The highest BCUT2D eigenvalue weighted by molar-refractivity contribution is 5.78. The van der Waals surface area contributed by atoms with Gasteiger partial charge in [-0.05, 0) is 0 Å². The molecular weight excluding hydrogens is 220 g/mol. The fraction of sp³-hybridized carbons (Fsp3) is 0.556. The Morgan fingerprint density at radius 3 is 3.06 bits per heavy atom. The lowest BCUT2D eigenvalue weighted by molar-refractivity contribution is -0.133. The SMILES string of the molecule is O=C(COc1cn[nH]c1)N1CCC(F)(F)C1. The van der Waals surface area contributed by atoms with E-state index in [1.54, 1.807) is 0 Å². The highest BCUT2D eigenvalue weighted by Crippen LogP contribution is 2.26. The molecule has 1 fully saturated rings. The Hall–Kier alpha value is -1.66. The van der Waals surface area contributed by atoms with Crippen molar-refractivity contribution in [3.05, 3.63) is 12.4 Å². The van der Waals surface area contributed by atoms with Gasteiger partial charge in [-0.2, -0.15) is 5.10 Å². The molecule has 0 atom stereocenters. The molecule has 1 saturated heterocycles. The van der Waals surface area contributed by atoms with Gasteiger partial charge in [-0.15, -0.1) is 0 Å². The van der Waals surface area contributed by atoms with Crippen LogP contribution in [0.3, 0.4) is 0 Å². The van der Waals surface area contributed by atoms with E-state index in [2.05, 4.69) is 10.2 Å². The van der Waals surface area contributed by atoms with Crippen LogP contribution in [-0.4, -0.2) is 46.6 Å². The molecule has 1 N–H and O–H groups in total. The maximum Gasteiger partial charge on any atom is 0.267 e. The minimum absolute atomic E-state index is 0.0839. The topological polar surface area (TPSA) is 58.2 Å². The number of ether oxygens (including phenoxy) is 1. The molecule has 1 aromatic rings. The maximum absolute atomic E-state index is 12.8. The largest absolute Gasteiger partial charge is 0.480 e. The van der Waals surface area contributed by atoms with Crippen molar-refractivity contribution < 1.29 is 18.3 Å². The van der Waals surface area contributed by atoms with Crippen LogP contribution in [0.15, 0.2) is 12.4 Å². The van der Waals surface area contributed by atoms with E-state index in [-0.39, 0.29) is 19.6 Å². The molecular formula is C9H11F2N3O2. The lowest BCUT2D eigenvalue weighted by Crippen LogP contribution is -2.34. The minimum Gasteiger partial charge on any atom is -0.480 e. The third-order valence-electron chi connectivity index (χ3n) is 2.36. The van der Waals surface area contributed by atoms with Gasteiger partial charge in [0.25, 0.3) is 11.8 Å². The van der Waals surface area contributed by atoms with E-state index < -0.39 is 18.4 Å². The molecule has 1 aromatic heterocycles. The van der Waals surface area contributed by atoms with E-state index >= 15 is 0 Å². The Kier molecular flexibility index (Phi) is 2.76. The molecule has 0 bridgehead atoms. The van der Waals surface area contributed by atoms with Crippen LogP contribution in [0.25, 0.3) is 0 Å². The molecule has 0 aliphatic carbocycles. The van der Waals surface area contributed by atoms with Gasteiger partial charge in [0.15, 0.2) is 12.4 Å². The van der Waals surface area contributed by atoms with Gasteiger partial charge < -0.3 is 9.64 Å². The standard InChI is InChI=1S/C9H11F2N3O2/c10-9(11)1-2-14(6-9)8(15)5-16-7-3-12-13-4-7/h3-4H,1-2,5-6H2,(H,12,13). The van der Waals surface area contributed by atoms with Crippen molar-refractivity contribution in [2.24, 2.45) is 0 Å². The van der Waals surface area contributed by atoms with Crippen molar-refractivity contribution in [2.75, 3.05) is 19.7 Å². The summed E-state index contributed by atoms with van der Waals surface area (Å²) in [5, 5.41) is 6.14. The number of nitrogens with zero attached hydrogens (tertiary/aromatic N) is 2. The van der Waals surface area contributed by atoms with Gasteiger partial charge >= 0.3 is 0 Å². The number of carbonyl (C=O) groups excluding carboxylic acids is 1. The van der Waals surface area contributed by atoms with E-state index in [0.717, 1.165) is 4.90 Å². The first kappa shape index (κ1) is 10.8. The van der Waals surface area contributed by atoms with Gasteiger partial charge in [-0.3, -0.25) is 9.89 Å². The van der Waals surface area contributed by atoms with Crippen molar-refractivity contribution in [1.29, 1.82) is 0 Å². The van der Waals surface area contributed by atoms with E-state index in [9.17, 15) is 13.6 Å². The smallest absolute Gasteiger partial charge is 0.267 e. The zero-order valence-corrected chi connectivity index (χ0v) is 8.45. The molecule has 88 valence electrons. The first-order valence-corrected chi connectivity index (χ1v) is 4.84. The second kappa shape index (κ2) is 4.07. The van der Waals surface area contributed by atoms with Crippen LogP contribution in [0.4, 0.5) is 8.78 Å². The van der Waals surface area contributed by atoms with Crippen molar-refractivity contribution in [2.45, 2.75) is 12.3 Å². The molecule has 7 heteroatoms. The summed E-state index contributed by atoms with van der Waals surface area (Å²) in [5.41, 5.74) is 0. The van der Waals surface area contributed by atoms with Crippen LogP contribution in [0.2, 0.25) is 0 Å². The first-order valence-electron chi connectivity index (χ1n) is 4.84. The van der Waals surface area contributed by atoms with Gasteiger partial charge in [0, 0.05) is 13.0 Å². The fourth-order valence-corrected chi connectivity index (χ4v) is 1.50. The number of alkyl halides is 2. The summed E-state index contributed by atoms with van der Waals surface area (Å²) in [4.78, 5) is 12.6. The molecule has 5 nitrogen and oxygen atoms in total. The number of aromatic amines is 1. The van der Waals surface area contributed by atoms with E-state index in [0.29, 0.717) is 5.75 Å². The number of hydrogen-bond acceptors (Lipinski definition) is 3. The van der Waals surface area contributed by atoms with Crippen molar-refractivity contribution >= 4 is 5.91 Å². The molecule has 2 heterocycles. The normalized spacial score (nSPS) is 18.8. The van der Waals surface area contributed by atoms with Crippen LogP contribution >= 0.6 is 0 Å². The predicted molar refractivity (Wildman–Crippen MR) is 50.2 cm³/mol. The second-order valence-corrected chi connectivity index (χ2v) is 3.64. The van der Waals surface area contributed by atoms with Gasteiger partial charge in [0.05, 0.1) is 18.9 Å². The van der Waals surface area contributed by atoms with Crippen LogP contribution in [0, 0.1) is 0 Å². The lowest BCUT2D eigenvalue weighted by atomic mass is 10.3. The summed E-state index contributed by atoms with van der Waals surface area (Å²) in [7, 11) is 0. The number of aromatic nitrogens is 2. The number of halogens is 2. The third-order valence-corrected chi connectivity index (χ3v) is 2.36. The maximum atomic E-state index is 12.8. The average Bonchev–Trinajstić information content (AvgIpc) is 2.83. The molecule has 1 amide bonds. The number of carbonyl (C=O) groups is 1. The molecule has 16 heavy (non-hydrogen) atoms. The number of hydrogen-bond donors (Lipinski definition) is 1. The predicted octanol–water partition coefficient (Wildman–Crippen LogP) is 0.656. The number of amides is 1. The number of rotatable bonds is 3. The first-order chi connectivity index (χ1) is 7.57. The number of H-pyrrole nitrogens is 1. The Morgan fingerprint density at radius 1 is 1.69 bits per heavy atom. The van der Waals surface area contributed by atoms with Crippen LogP contribution < -0.4 is 4.74 Å². The Balaban J connectivity index is 1.81. The number of nitrogens with one attached hydrogen (secondary N) is 1. The molecule has 2 rings (SSSR count). The summed E-state index contributed by atoms with van der Waals surface area (Å²) in [6, 6.07) is 0. The van der Waals surface area contributed by atoms with Crippen LogP contribution in [-0.2, 0) is 4.79 Å². The third kappa shape index (κ3) is 2.47. The van der Waals surface area contributed by atoms with Crippen molar-refractivity contribution in [3.8, 4) is 5.75 Å². The highest BCUT2D eigenvalue weighted by Gasteiger charge is 2.40. The summed E-state index contributed by atoms with van der Waals surface area (Å²) < 4.78 is 30.7. The molecule has 0 unspecified atom stereocenters. The molecule has 1 aliphatic heterocycles. The van der Waals surface area contributed by atoms with Crippen molar-refractivity contribution in [1.82, 2.24) is 15.1 Å². The summed E-state index contributed by atoms with van der Waals surface area (Å²) >= 11 is 0. The molecule has 1 aliphatic rings. The number of likely N-dealkylation sites (tertiary alicyclic amines) is 1. The van der Waals surface area contributed by atoms with Crippen molar-refractivity contribution in [3.63, 3.8) is 0 Å². The van der Waals surface area contributed by atoms with Crippen LogP contribution in [0.5, 0.6) is 5.75 Å². The van der Waals surface area contributed by atoms with E-state index in [1.807, 2.05) is 0 Å². The molecule has 0 radical (unpaired) electrons.